The fourth-order valence-electron chi connectivity index (χ4n) is 3.85. The van der Waals surface area contributed by atoms with Crippen molar-refractivity contribution < 1.29 is 34.5 Å². The van der Waals surface area contributed by atoms with Crippen molar-refractivity contribution in [3.8, 4) is 11.5 Å². The van der Waals surface area contributed by atoms with Crippen LogP contribution in [-0.4, -0.2) is 87.2 Å². The summed E-state index contributed by atoms with van der Waals surface area (Å²) >= 11 is 2.98. The Hall–Kier alpha value is -3.42. The fraction of sp³-hybridized carbons (Fsp3) is 0.429. The molecule has 224 valence electrons. The van der Waals surface area contributed by atoms with Crippen LogP contribution < -0.4 is 21.7 Å². The maximum atomic E-state index is 13.6. The molecular formula is C28H38N4O7S2. The van der Waals surface area contributed by atoms with Gasteiger partial charge in [-0.05, 0) is 72.3 Å². The Morgan fingerprint density at radius 1 is 0.683 bits per heavy atom. The number of nitrogens with two attached hydrogens (primary N) is 1. The summed E-state index contributed by atoms with van der Waals surface area (Å²) in [5, 5.41) is 36.7. The largest absolute Gasteiger partial charge is 0.508 e. The maximum absolute atomic E-state index is 13.6. The minimum atomic E-state index is -1.20. The SMILES string of the molecule is CSCCC(N)C(=O)NC(Cc1ccc(O)cc1)C(=O)NC(Cc1ccc(O)cc1)C(=O)NC(CCSC)C(=O)O. The predicted molar refractivity (Wildman–Crippen MR) is 161 cm³/mol. The number of carbonyl (C=O) groups is 4. The van der Waals surface area contributed by atoms with Crippen LogP contribution in [0.3, 0.4) is 0 Å². The lowest BCUT2D eigenvalue weighted by Gasteiger charge is -2.25. The predicted octanol–water partition coefficient (Wildman–Crippen LogP) is 1.26. The van der Waals surface area contributed by atoms with E-state index in [2.05, 4.69) is 16.0 Å². The number of carboxylic acid groups (broad SMARTS) is 1. The van der Waals surface area contributed by atoms with E-state index in [-0.39, 0.29) is 30.8 Å². The molecule has 0 aromatic heterocycles. The van der Waals surface area contributed by atoms with Gasteiger partial charge in [0.2, 0.25) is 17.7 Å². The molecule has 41 heavy (non-hydrogen) atoms. The van der Waals surface area contributed by atoms with Crippen LogP contribution in [0, 0.1) is 0 Å². The van der Waals surface area contributed by atoms with E-state index in [1.165, 1.54) is 47.8 Å². The lowest BCUT2D eigenvalue weighted by Crippen LogP contribution is -2.58. The van der Waals surface area contributed by atoms with Gasteiger partial charge < -0.3 is 37.0 Å². The number of phenolic OH excluding ortho intramolecular Hbond substituents is 2. The number of thioether (sulfide) groups is 2. The molecule has 0 heterocycles. The summed E-state index contributed by atoms with van der Waals surface area (Å²) in [5.74, 6) is -1.87. The summed E-state index contributed by atoms with van der Waals surface area (Å²) in [6, 6.07) is 7.88. The molecule has 3 amide bonds. The molecule has 0 aliphatic rings. The van der Waals surface area contributed by atoms with E-state index >= 15 is 0 Å². The number of amides is 3. The Morgan fingerprint density at radius 3 is 1.49 bits per heavy atom. The molecule has 0 saturated carbocycles. The summed E-state index contributed by atoms with van der Waals surface area (Å²) < 4.78 is 0. The molecule has 0 fully saturated rings. The molecule has 2 aromatic rings. The van der Waals surface area contributed by atoms with Crippen LogP contribution in [0.5, 0.6) is 11.5 Å². The first-order chi connectivity index (χ1) is 19.5. The van der Waals surface area contributed by atoms with Crippen molar-refractivity contribution in [1.29, 1.82) is 0 Å². The molecule has 2 aromatic carbocycles. The van der Waals surface area contributed by atoms with Gasteiger partial charge >= 0.3 is 5.97 Å². The quantitative estimate of drug-likeness (QED) is 0.138. The van der Waals surface area contributed by atoms with Gasteiger partial charge in [-0.3, -0.25) is 14.4 Å². The third kappa shape index (κ3) is 11.9. The molecule has 0 bridgehead atoms. The van der Waals surface area contributed by atoms with Crippen LogP contribution in [-0.2, 0) is 32.0 Å². The molecule has 0 radical (unpaired) electrons. The third-order valence-electron chi connectivity index (χ3n) is 6.21. The zero-order chi connectivity index (χ0) is 30.4. The van der Waals surface area contributed by atoms with Gasteiger partial charge in [0, 0.05) is 12.8 Å². The molecule has 8 N–H and O–H groups in total. The van der Waals surface area contributed by atoms with Gasteiger partial charge in [-0.25, -0.2) is 4.79 Å². The zero-order valence-corrected chi connectivity index (χ0v) is 24.7. The van der Waals surface area contributed by atoms with E-state index < -0.39 is 47.9 Å². The number of hydrogen-bond donors (Lipinski definition) is 7. The van der Waals surface area contributed by atoms with Crippen molar-refractivity contribution in [2.24, 2.45) is 5.73 Å². The Kier molecular flexibility index (Phi) is 14.3. The van der Waals surface area contributed by atoms with E-state index in [4.69, 9.17) is 5.73 Å². The van der Waals surface area contributed by atoms with Crippen LogP contribution in [0.4, 0.5) is 0 Å². The van der Waals surface area contributed by atoms with Crippen molar-refractivity contribution in [1.82, 2.24) is 16.0 Å². The third-order valence-corrected chi connectivity index (χ3v) is 7.50. The summed E-state index contributed by atoms with van der Waals surface area (Å²) in [4.78, 5) is 51.5. The minimum Gasteiger partial charge on any atom is -0.508 e. The van der Waals surface area contributed by atoms with Crippen molar-refractivity contribution in [3.05, 3.63) is 59.7 Å². The van der Waals surface area contributed by atoms with Crippen LogP contribution in [0.1, 0.15) is 24.0 Å². The topological polar surface area (TPSA) is 191 Å². The lowest BCUT2D eigenvalue weighted by molar-refractivity contribution is -0.142. The van der Waals surface area contributed by atoms with Crippen LogP contribution in [0.15, 0.2) is 48.5 Å². The number of aromatic hydroxyl groups is 2. The lowest BCUT2D eigenvalue weighted by atomic mass is 10.0. The Morgan fingerprint density at radius 2 is 1.07 bits per heavy atom. The van der Waals surface area contributed by atoms with Gasteiger partial charge in [0.05, 0.1) is 6.04 Å². The number of nitrogens with one attached hydrogen (secondary N) is 3. The second-order valence-electron chi connectivity index (χ2n) is 9.43. The maximum Gasteiger partial charge on any atom is 0.326 e. The minimum absolute atomic E-state index is 0.000166. The molecule has 4 unspecified atom stereocenters. The second-order valence-corrected chi connectivity index (χ2v) is 11.4. The number of aliphatic carboxylic acids is 1. The first-order valence-electron chi connectivity index (χ1n) is 13.0. The average molecular weight is 607 g/mol. The highest BCUT2D eigenvalue weighted by Gasteiger charge is 2.30. The summed E-state index contributed by atoms with van der Waals surface area (Å²) in [6.07, 6.45) is 4.35. The standard InChI is InChI=1S/C28H38N4O7S2/c1-40-13-11-21(29)25(35)31-23(15-17-3-7-19(33)8-4-17)27(37)32-24(16-18-5-9-20(34)10-6-18)26(36)30-22(28(38)39)12-14-41-2/h3-10,21-24,33-34H,11-16,29H2,1-2H3,(H,30,36)(H,31,35)(H,32,37)(H,38,39). The molecule has 2 rings (SSSR count). The summed E-state index contributed by atoms with van der Waals surface area (Å²) in [5.41, 5.74) is 7.27. The monoisotopic (exact) mass is 606 g/mol. The highest BCUT2D eigenvalue weighted by Crippen LogP contribution is 2.14. The van der Waals surface area contributed by atoms with Crippen LogP contribution in [0.25, 0.3) is 0 Å². The molecule has 0 aliphatic carbocycles. The number of hydrogen-bond acceptors (Lipinski definition) is 9. The second kappa shape index (κ2) is 17.4. The van der Waals surface area contributed by atoms with E-state index in [0.29, 0.717) is 29.1 Å². The Labute approximate surface area is 248 Å². The number of rotatable bonds is 17. The molecule has 0 spiro atoms. The first-order valence-corrected chi connectivity index (χ1v) is 15.8. The number of phenols is 2. The van der Waals surface area contributed by atoms with Crippen molar-refractivity contribution in [2.75, 3.05) is 24.0 Å². The van der Waals surface area contributed by atoms with E-state index in [0.717, 1.165) is 0 Å². The van der Waals surface area contributed by atoms with Gasteiger partial charge in [-0.15, -0.1) is 0 Å². The molecule has 4 atom stereocenters. The molecule has 0 saturated heterocycles. The Balaban J connectivity index is 2.31. The zero-order valence-electron chi connectivity index (χ0n) is 23.0. The Bertz CT molecular complexity index is 1150. The normalized spacial score (nSPS) is 13.8. The number of carbonyl (C=O) groups excluding carboxylic acids is 3. The van der Waals surface area contributed by atoms with Crippen molar-refractivity contribution >= 4 is 47.2 Å². The van der Waals surface area contributed by atoms with Gasteiger partial charge in [-0.2, -0.15) is 23.5 Å². The van der Waals surface area contributed by atoms with Crippen molar-refractivity contribution in [3.63, 3.8) is 0 Å². The summed E-state index contributed by atoms with van der Waals surface area (Å²) in [7, 11) is 0. The van der Waals surface area contributed by atoms with Crippen molar-refractivity contribution in [2.45, 2.75) is 49.9 Å². The highest BCUT2D eigenvalue weighted by molar-refractivity contribution is 7.98. The number of benzene rings is 2. The van der Waals surface area contributed by atoms with E-state index in [1.807, 2.05) is 12.5 Å². The van der Waals surface area contributed by atoms with Gasteiger partial charge in [0.25, 0.3) is 0 Å². The van der Waals surface area contributed by atoms with Crippen LogP contribution in [0.2, 0.25) is 0 Å². The van der Waals surface area contributed by atoms with Gasteiger partial charge in [0.1, 0.15) is 29.6 Å². The van der Waals surface area contributed by atoms with E-state index in [9.17, 15) is 34.5 Å². The average Bonchev–Trinajstić information content (AvgIpc) is 2.94. The molecule has 11 nitrogen and oxygen atoms in total. The molecular weight excluding hydrogens is 568 g/mol. The molecule has 0 aliphatic heterocycles. The summed E-state index contributed by atoms with van der Waals surface area (Å²) in [6.45, 7) is 0. The van der Waals surface area contributed by atoms with Gasteiger partial charge in [0.15, 0.2) is 0 Å². The molecule has 13 heteroatoms. The highest BCUT2D eigenvalue weighted by atomic mass is 32.2. The van der Waals surface area contributed by atoms with Crippen LogP contribution >= 0.6 is 23.5 Å². The fourth-order valence-corrected chi connectivity index (χ4v) is 4.81. The first kappa shape index (κ1) is 33.8. The smallest absolute Gasteiger partial charge is 0.326 e. The van der Waals surface area contributed by atoms with E-state index in [1.54, 1.807) is 24.3 Å². The van der Waals surface area contributed by atoms with Gasteiger partial charge in [-0.1, -0.05) is 24.3 Å². The number of carboxylic acids is 1.